The van der Waals surface area contributed by atoms with E-state index in [4.69, 9.17) is 21.1 Å². The number of alkyl halides is 1. The summed E-state index contributed by atoms with van der Waals surface area (Å²) in [4.78, 5) is 25.8. The lowest BCUT2D eigenvalue weighted by atomic mass is 10.1. The fraction of sp³-hybridized carbons (Fsp3) is 0.333. The van der Waals surface area contributed by atoms with Gasteiger partial charge in [0.1, 0.15) is 0 Å². The molecule has 0 aliphatic rings. The lowest BCUT2D eigenvalue weighted by Crippen LogP contribution is -2.28. The fourth-order valence-electron chi connectivity index (χ4n) is 1.83. The molecule has 19 heavy (non-hydrogen) atoms. The lowest BCUT2D eigenvalue weighted by Gasteiger charge is -2.18. The predicted octanol–water partition coefficient (Wildman–Crippen LogP) is 1.42. The van der Waals surface area contributed by atoms with Crippen LogP contribution in [0.25, 0.3) is 11.1 Å². The number of fused-ring (bicyclic) bond motifs is 1. The molecule has 0 aliphatic heterocycles. The van der Waals surface area contributed by atoms with Gasteiger partial charge in [0, 0.05) is 6.54 Å². The van der Waals surface area contributed by atoms with Crippen LogP contribution in [-0.2, 0) is 4.79 Å². The topological polar surface area (TPSA) is 86.5 Å². The fourth-order valence-corrected chi connectivity index (χ4v) is 2.20. The average Bonchev–Trinajstić information content (AvgIpc) is 2.66. The van der Waals surface area contributed by atoms with E-state index in [1.54, 1.807) is 30.1 Å². The van der Waals surface area contributed by atoms with Crippen molar-refractivity contribution in [1.29, 1.82) is 0 Å². The molecule has 2 rings (SSSR count). The van der Waals surface area contributed by atoms with Crippen molar-refractivity contribution in [2.75, 3.05) is 20.1 Å². The monoisotopic (exact) mass is 284 g/mol. The number of halogens is 1. The summed E-state index contributed by atoms with van der Waals surface area (Å²) in [6, 6.07) is 5.17. The van der Waals surface area contributed by atoms with E-state index in [1.165, 1.54) is 0 Å². The van der Waals surface area contributed by atoms with Crippen molar-refractivity contribution in [2.24, 2.45) is 0 Å². The Hall–Kier alpha value is -1.79. The highest BCUT2D eigenvalue weighted by Crippen LogP contribution is 2.24. The average molecular weight is 285 g/mol. The van der Waals surface area contributed by atoms with Crippen molar-refractivity contribution < 1.29 is 14.3 Å². The second-order valence-electron chi connectivity index (χ2n) is 4.33. The number of aliphatic carboxylic acids is 1. The molecule has 0 aliphatic carbocycles. The van der Waals surface area contributed by atoms with Gasteiger partial charge in [-0.25, -0.2) is 4.79 Å². The Morgan fingerprint density at radius 3 is 3.00 bits per heavy atom. The summed E-state index contributed by atoms with van der Waals surface area (Å²) in [5.41, 5.74) is 1.82. The first kappa shape index (κ1) is 13.6. The Labute approximate surface area is 113 Å². The maximum absolute atomic E-state index is 11.0. The van der Waals surface area contributed by atoms with Gasteiger partial charge in [0.25, 0.3) is 0 Å². The Morgan fingerprint density at radius 2 is 2.32 bits per heavy atom. The van der Waals surface area contributed by atoms with Crippen LogP contribution in [0.2, 0.25) is 0 Å². The predicted molar refractivity (Wildman–Crippen MR) is 70.6 cm³/mol. The van der Waals surface area contributed by atoms with Gasteiger partial charge in [-0.2, -0.15) is 0 Å². The molecule has 2 aromatic rings. The molecule has 2 N–H and O–H groups in total. The molecule has 0 saturated carbocycles. The highest BCUT2D eigenvalue weighted by Gasteiger charge is 2.14. The number of oxazole rings is 1. The number of hydrogen-bond acceptors (Lipinski definition) is 4. The zero-order valence-electron chi connectivity index (χ0n) is 10.2. The standard InChI is InChI=1S/C12H13ClN2O4/c1-15(6-11(16)17)5-8(13)7-2-3-9-10(4-7)19-12(18)14-9/h2-4,8H,5-6H2,1H3,(H,14,18)(H,16,17). The van der Waals surface area contributed by atoms with E-state index in [9.17, 15) is 9.59 Å². The van der Waals surface area contributed by atoms with Gasteiger partial charge in [-0.15, -0.1) is 11.6 Å². The van der Waals surface area contributed by atoms with Crippen LogP contribution in [0.1, 0.15) is 10.9 Å². The highest BCUT2D eigenvalue weighted by molar-refractivity contribution is 6.21. The minimum Gasteiger partial charge on any atom is -0.480 e. The Kier molecular flexibility index (Phi) is 3.92. The van der Waals surface area contributed by atoms with Crippen molar-refractivity contribution in [3.05, 3.63) is 34.3 Å². The maximum atomic E-state index is 11.0. The molecule has 0 radical (unpaired) electrons. The third kappa shape index (κ3) is 3.36. The van der Waals surface area contributed by atoms with E-state index in [2.05, 4.69) is 4.98 Å². The van der Waals surface area contributed by atoms with Crippen LogP contribution in [0.5, 0.6) is 0 Å². The van der Waals surface area contributed by atoms with Crippen LogP contribution in [0.3, 0.4) is 0 Å². The first-order valence-electron chi connectivity index (χ1n) is 5.63. The molecule has 0 amide bonds. The number of carboxylic acid groups (broad SMARTS) is 1. The molecule has 0 bridgehead atoms. The highest BCUT2D eigenvalue weighted by atomic mass is 35.5. The van der Waals surface area contributed by atoms with E-state index in [-0.39, 0.29) is 11.9 Å². The molecule has 1 aromatic heterocycles. The Balaban J connectivity index is 2.14. The number of carbonyl (C=O) groups is 1. The van der Waals surface area contributed by atoms with Gasteiger partial charge in [0.15, 0.2) is 5.58 Å². The third-order valence-electron chi connectivity index (χ3n) is 2.68. The Bertz CT molecular complexity index is 648. The van der Waals surface area contributed by atoms with Crippen LogP contribution >= 0.6 is 11.6 Å². The van der Waals surface area contributed by atoms with Crippen molar-refractivity contribution in [2.45, 2.75) is 5.38 Å². The van der Waals surface area contributed by atoms with Crippen molar-refractivity contribution in [3.8, 4) is 0 Å². The van der Waals surface area contributed by atoms with Crippen molar-refractivity contribution in [1.82, 2.24) is 9.88 Å². The van der Waals surface area contributed by atoms with Gasteiger partial charge in [0.05, 0.1) is 17.4 Å². The number of benzene rings is 1. The van der Waals surface area contributed by atoms with Crippen molar-refractivity contribution in [3.63, 3.8) is 0 Å². The SMILES string of the molecule is CN(CC(=O)O)CC(Cl)c1ccc2[nH]c(=O)oc2c1. The number of nitrogens with zero attached hydrogens (tertiary/aromatic N) is 1. The molecule has 0 saturated heterocycles. The molecule has 1 heterocycles. The summed E-state index contributed by atoms with van der Waals surface area (Å²) in [5.74, 6) is -1.42. The summed E-state index contributed by atoms with van der Waals surface area (Å²) >= 11 is 6.23. The number of likely N-dealkylation sites (N-methyl/N-ethyl adjacent to an activating group) is 1. The zero-order valence-corrected chi connectivity index (χ0v) is 11.0. The number of hydrogen-bond donors (Lipinski definition) is 2. The van der Waals surface area contributed by atoms with Gasteiger partial charge in [0.2, 0.25) is 0 Å². The van der Waals surface area contributed by atoms with E-state index in [0.29, 0.717) is 17.6 Å². The molecule has 1 atom stereocenters. The Morgan fingerprint density at radius 1 is 1.58 bits per heavy atom. The van der Waals surface area contributed by atoms with Gasteiger partial charge >= 0.3 is 11.7 Å². The molecule has 7 heteroatoms. The first-order chi connectivity index (χ1) is 8.95. The largest absolute Gasteiger partial charge is 0.480 e. The summed E-state index contributed by atoms with van der Waals surface area (Å²) in [5, 5.41) is 8.29. The summed E-state index contributed by atoms with van der Waals surface area (Å²) in [7, 11) is 1.68. The van der Waals surface area contributed by atoms with Crippen LogP contribution in [0, 0.1) is 0 Å². The van der Waals surface area contributed by atoms with Gasteiger partial charge in [-0.1, -0.05) is 6.07 Å². The van der Waals surface area contributed by atoms with Gasteiger partial charge in [-0.05, 0) is 24.7 Å². The normalized spacial score (nSPS) is 13.0. The van der Waals surface area contributed by atoms with Gasteiger partial charge in [-0.3, -0.25) is 14.7 Å². The summed E-state index contributed by atoms with van der Waals surface area (Å²) < 4.78 is 4.95. The summed E-state index contributed by atoms with van der Waals surface area (Å²) in [6.07, 6.45) is 0. The van der Waals surface area contributed by atoms with E-state index >= 15 is 0 Å². The second kappa shape index (κ2) is 5.46. The molecule has 1 unspecified atom stereocenters. The van der Waals surface area contributed by atoms with Gasteiger partial charge < -0.3 is 9.52 Å². The van der Waals surface area contributed by atoms with E-state index < -0.39 is 11.7 Å². The lowest BCUT2D eigenvalue weighted by molar-refractivity contribution is -0.137. The van der Waals surface area contributed by atoms with Crippen molar-refractivity contribution >= 4 is 28.7 Å². The van der Waals surface area contributed by atoms with Crippen LogP contribution in [0.4, 0.5) is 0 Å². The smallest absolute Gasteiger partial charge is 0.417 e. The first-order valence-corrected chi connectivity index (χ1v) is 6.06. The maximum Gasteiger partial charge on any atom is 0.417 e. The number of aromatic nitrogens is 1. The summed E-state index contributed by atoms with van der Waals surface area (Å²) in [6.45, 7) is 0.304. The molecule has 0 spiro atoms. The molecule has 6 nitrogen and oxygen atoms in total. The third-order valence-corrected chi connectivity index (χ3v) is 3.07. The van der Waals surface area contributed by atoms with Crippen LogP contribution < -0.4 is 5.76 Å². The number of nitrogens with one attached hydrogen (secondary N) is 1. The number of aromatic amines is 1. The second-order valence-corrected chi connectivity index (χ2v) is 4.85. The molecule has 102 valence electrons. The number of rotatable bonds is 5. The number of H-pyrrole nitrogens is 1. The minimum absolute atomic E-state index is 0.0787. The quantitative estimate of drug-likeness (QED) is 0.811. The molecular formula is C12H13ClN2O4. The number of carboxylic acids is 1. The van der Waals surface area contributed by atoms with Crippen LogP contribution in [-0.4, -0.2) is 41.1 Å². The molecular weight excluding hydrogens is 272 g/mol. The molecule has 0 fully saturated rings. The van der Waals surface area contributed by atoms with E-state index in [0.717, 1.165) is 5.56 Å². The van der Waals surface area contributed by atoms with E-state index in [1.807, 2.05) is 0 Å². The zero-order chi connectivity index (χ0) is 14.0. The minimum atomic E-state index is -0.904. The van der Waals surface area contributed by atoms with Crippen LogP contribution in [0.15, 0.2) is 27.4 Å². The molecule has 1 aromatic carbocycles.